The molecule has 0 saturated heterocycles. The normalized spacial score (nSPS) is 12.2. The highest BCUT2D eigenvalue weighted by Gasteiger charge is 2.32. The number of aliphatic imine (C=N–C) groups is 1. The van der Waals surface area contributed by atoms with Gasteiger partial charge in [0, 0.05) is 50.0 Å². The number of aromatic nitrogens is 3. The van der Waals surface area contributed by atoms with Crippen LogP contribution >= 0.6 is 0 Å². The summed E-state index contributed by atoms with van der Waals surface area (Å²) in [5.74, 6) is 0.167. The quantitative estimate of drug-likeness (QED) is 0.203. The Morgan fingerprint density at radius 3 is 2.70 bits per heavy atom. The van der Waals surface area contributed by atoms with Crippen molar-refractivity contribution in [3.05, 3.63) is 53.7 Å². The Labute approximate surface area is 170 Å². The van der Waals surface area contributed by atoms with Crippen molar-refractivity contribution < 1.29 is 17.6 Å². The molecule has 3 rings (SSSR count). The number of hydrogen-bond acceptors (Lipinski definition) is 4. The first-order chi connectivity index (χ1) is 14.4. The van der Waals surface area contributed by atoms with Gasteiger partial charge in [-0.15, -0.1) is 0 Å². The maximum Gasteiger partial charge on any atom is 0.433 e. The van der Waals surface area contributed by atoms with Crippen LogP contribution in [0.1, 0.15) is 11.3 Å². The number of aromatic amines is 1. The van der Waals surface area contributed by atoms with E-state index in [1.165, 1.54) is 12.1 Å². The lowest BCUT2D eigenvalue weighted by Gasteiger charge is -2.12. The van der Waals surface area contributed by atoms with Gasteiger partial charge in [0.15, 0.2) is 5.96 Å². The van der Waals surface area contributed by atoms with Crippen molar-refractivity contribution in [3.63, 3.8) is 0 Å². The number of guanidine groups is 1. The zero-order valence-electron chi connectivity index (χ0n) is 16.1. The lowest BCUT2D eigenvalue weighted by atomic mass is 10.1. The minimum absolute atomic E-state index is 0.0923. The third-order valence-electron chi connectivity index (χ3n) is 4.29. The zero-order chi connectivity index (χ0) is 21.6. The summed E-state index contributed by atoms with van der Waals surface area (Å²) in [7, 11) is 1.62. The first kappa shape index (κ1) is 21.3. The van der Waals surface area contributed by atoms with Crippen molar-refractivity contribution in [1.29, 1.82) is 0 Å². The number of benzene rings is 1. The van der Waals surface area contributed by atoms with Gasteiger partial charge in [-0.2, -0.15) is 13.2 Å². The standard InChI is InChI=1S/C19H21F4N7/c1-24-17(25-6-4-12-11-29-15-10-13(20)2-3-14(12)15)27-8-9-28-18-26-7-5-16(30-18)19(21,22)23/h2-3,5,7,10-11,29H,4,6,8-9H2,1H3,(H2,24,25,27)(H,26,28,30). The second-order valence-corrected chi connectivity index (χ2v) is 6.37. The summed E-state index contributed by atoms with van der Waals surface area (Å²) in [6.45, 7) is 1.29. The minimum Gasteiger partial charge on any atom is -0.361 e. The summed E-state index contributed by atoms with van der Waals surface area (Å²) < 4.78 is 51.2. The summed E-state index contributed by atoms with van der Waals surface area (Å²) in [6, 6.07) is 5.44. The van der Waals surface area contributed by atoms with Crippen molar-refractivity contribution in [3.8, 4) is 0 Å². The Balaban J connectivity index is 1.42. The number of rotatable bonds is 7. The fraction of sp³-hybridized carbons (Fsp3) is 0.316. The van der Waals surface area contributed by atoms with Gasteiger partial charge in [-0.05, 0) is 36.2 Å². The highest BCUT2D eigenvalue weighted by molar-refractivity contribution is 5.83. The number of nitrogens with one attached hydrogen (secondary N) is 4. The van der Waals surface area contributed by atoms with Gasteiger partial charge in [-0.25, -0.2) is 14.4 Å². The highest BCUT2D eigenvalue weighted by atomic mass is 19.4. The number of halogens is 4. The molecule has 0 spiro atoms. The molecule has 0 unspecified atom stereocenters. The molecule has 0 fully saturated rings. The van der Waals surface area contributed by atoms with E-state index in [2.05, 4.69) is 35.9 Å². The number of H-pyrrole nitrogens is 1. The lowest BCUT2D eigenvalue weighted by Crippen LogP contribution is -2.40. The average molecular weight is 423 g/mol. The van der Waals surface area contributed by atoms with Gasteiger partial charge < -0.3 is 20.9 Å². The maximum absolute atomic E-state index is 13.3. The third-order valence-corrected chi connectivity index (χ3v) is 4.29. The molecule has 2 aromatic heterocycles. The number of hydrogen-bond donors (Lipinski definition) is 4. The summed E-state index contributed by atoms with van der Waals surface area (Å²) in [6.07, 6.45) is -0.905. The van der Waals surface area contributed by atoms with Crippen LogP contribution in [-0.2, 0) is 12.6 Å². The van der Waals surface area contributed by atoms with Gasteiger partial charge in [-0.3, -0.25) is 4.99 Å². The summed E-state index contributed by atoms with van der Waals surface area (Å²) in [4.78, 5) is 14.4. The third kappa shape index (κ3) is 5.58. The molecular weight excluding hydrogens is 402 g/mol. The monoisotopic (exact) mass is 423 g/mol. The van der Waals surface area contributed by atoms with Crippen LogP contribution < -0.4 is 16.0 Å². The molecule has 0 atom stereocenters. The Hall–Kier alpha value is -3.37. The van der Waals surface area contributed by atoms with Crippen LogP contribution in [0.15, 0.2) is 41.7 Å². The molecule has 3 aromatic rings. The van der Waals surface area contributed by atoms with E-state index in [-0.39, 0.29) is 11.8 Å². The molecule has 7 nitrogen and oxygen atoms in total. The van der Waals surface area contributed by atoms with Gasteiger partial charge in [0.2, 0.25) is 5.95 Å². The Kier molecular flexibility index (Phi) is 6.70. The number of fused-ring (bicyclic) bond motifs is 1. The average Bonchev–Trinajstić information content (AvgIpc) is 3.11. The fourth-order valence-electron chi connectivity index (χ4n) is 2.86. The van der Waals surface area contributed by atoms with E-state index in [1.54, 1.807) is 13.1 Å². The van der Waals surface area contributed by atoms with Crippen LogP contribution in [0, 0.1) is 5.82 Å². The van der Waals surface area contributed by atoms with Gasteiger partial charge >= 0.3 is 6.18 Å². The summed E-state index contributed by atoms with van der Waals surface area (Å²) in [5.41, 5.74) is 0.803. The molecule has 0 saturated carbocycles. The molecule has 0 aliphatic rings. The topological polar surface area (TPSA) is 90.0 Å². The number of nitrogens with zero attached hydrogens (tertiary/aromatic N) is 3. The molecule has 2 heterocycles. The summed E-state index contributed by atoms with van der Waals surface area (Å²) in [5, 5.41) is 9.91. The van der Waals surface area contributed by atoms with Gasteiger partial charge in [-0.1, -0.05) is 0 Å². The Morgan fingerprint density at radius 1 is 1.13 bits per heavy atom. The predicted octanol–water partition coefficient (Wildman–Crippen LogP) is 2.94. The minimum atomic E-state index is -4.51. The predicted molar refractivity (Wildman–Crippen MR) is 107 cm³/mol. The Morgan fingerprint density at radius 2 is 1.93 bits per heavy atom. The van der Waals surface area contributed by atoms with E-state index in [9.17, 15) is 17.6 Å². The lowest BCUT2D eigenvalue weighted by molar-refractivity contribution is -0.141. The second kappa shape index (κ2) is 9.42. The Bertz CT molecular complexity index is 1010. The van der Waals surface area contributed by atoms with E-state index in [0.29, 0.717) is 32.0 Å². The summed E-state index contributed by atoms with van der Waals surface area (Å²) >= 11 is 0. The van der Waals surface area contributed by atoms with Crippen LogP contribution in [0.4, 0.5) is 23.5 Å². The smallest absolute Gasteiger partial charge is 0.361 e. The first-order valence-electron chi connectivity index (χ1n) is 9.21. The van der Waals surface area contributed by atoms with Crippen LogP contribution in [0.2, 0.25) is 0 Å². The number of anilines is 1. The molecule has 0 amide bonds. The molecule has 0 aliphatic heterocycles. The van der Waals surface area contributed by atoms with E-state index in [1.807, 2.05) is 6.20 Å². The van der Waals surface area contributed by atoms with Gasteiger partial charge in [0.1, 0.15) is 11.5 Å². The molecule has 0 radical (unpaired) electrons. The molecule has 0 bridgehead atoms. The molecule has 30 heavy (non-hydrogen) atoms. The largest absolute Gasteiger partial charge is 0.433 e. The zero-order valence-corrected chi connectivity index (χ0v) is 16.1. The van der Waals surface area contributed by atoms with Crippen molar-refractivity contribution in [2.75, 3.05) is 32.0 Å². The van der Waals surface area contributed by atoms with Crippen LogP contribution in [0.3, 0.4) is 0 Å². The first-order valence-corrected chi connectivity index (χ1v) is 9.21. The van der Waals surface area contributed by atoms with Crippen LogP contribution in [0.25, 0.3) is 10.9 Å². The highest BCUT2D eigenvalue weighted by Crippen LogP contribution is 2.27. The van der Waals surface area contributed by atoms with E-state index in [4.69, 9.17) is 0 Å². The van der Waals surface area contributed by atoms with E-state index in [0.717, 1.165) is 28.7 Å². The molecule has 0 aliphatic carbocycles. The molecule has 160 valence electrons. The molecule has 11 heteroatoms. The SMILES string of the molecule is CN=C(NCCNc1nccc(C(F)(F)F)n1)NCCc1c[nH]c2cc(F)ccc12. The van der Waals surface area contributed by atoms with Crippen LogP contribution in [0.5, 0.6) is 0 Å². The van der Waals surface area contributed by atoms with Crippen molar-refractivity contribution >= 4 is 22.8 Å². The van der Waals surface area contributed by atoms with Gasteiger partial charge in [0.05, 0.1) is 0 Å². The van der Waals surface area contributed by atoms with Crippen molar-refractivity contribution in [2.24, 2.45) is 4.99 Å². The van der Waals surface area contributed by atoms with Crippen molar-refractivity contribution in [1.82, 2.24) is 25.6 Å². The fourth-order valence-corrected chi connectivity index (χ4v) is 2.86. The molecular formula is C19H21F4N7. The number of alkyl halides is 3. The van der Waals surface area contributed by atoms with E-state index < -0.39 is 11.9 Å². The molecule has 1 aromatic carbocycles. The van der Waals surface area contributed by atoms with Crippen LogP contribution in [-0.4, -0.2) is 47.6 Å². The second-order valence-electron chi connectivity index (χ2n) is 6.37. The molecule has 4 N–H and O–H groups in total. The van der Waals surface area contributed by atoms with E-state index >= 15 is 0 Å². The van der Waals surface area contributed by atoms with Gasteiger partial charge in [0.25, 0.3) is 0 Å². The van der Waals surface area contributed by atoms with Crippen molar-refractivity contribution in [2.45, 2.75) is 12.6 Å². The maximum atomic E-state index is 13.3.